The van der Waals surface area contributed by atoms with Crippen LogP contribution in [-0.2, 0) is 0 Å². The van der Waals surface area contributed by atoms with Gasteiger partial charge >= 0.3 is 0 Å². The molecule has 0 N–H and O–H groups in total. The molecule has 2 radical (unpaired) electrons. The summed E-state index contributed by atoms with van der Waals surface area (Å²) in [5.74, 6) is -0.933. The summed E-state index contributed by atoms with van der Waals surface area (Å²) in [5, 5.41) is 0. The monoisotopic (exact) mass is 179 g/mol. The Morgan fingerprint density at radius 3 is 2.62 bits per heavy atom. The van der Waals surface area contributed by atoms with E-state index in [2.05, 4.69) is 0 Å². The van der Waals surface area contributed by atoms with Gasteiger partial charge in [-0.15, -0.1) is 0 Å². The van der Waals surface area contributed by atoms with Crippen molar-refractivity contribution in [1.82, 2.24) is 4.90 Å². The van der Waals surface area contributed by atoms with Crippen LogP contribution in [0.15, 0.2) is 18.2 Å². The molecule has 0 saturated carbocycles. The van der Waals surface area contributed by atoms with Gasteiger partial charge in [-0.1, -0.05) is 6.07 Å². The van der Waals surface area contributed by atoms with Gasteiger partial charge in [0.2, 0.25) is 0 Å². The number of halogens is 1. The number of amides is 1. The molecule has 0 atom stereocenters. The minimum Gasteiger partial charge on any atom is -0.345 e. The van der Waals surface area contributed by atoms with Gasteiger partial charge in [0.15, 0.2) is 0 Å². The fourth-order valence-electron chi connectivity index (χ4n) is 0.948. The quantitative estimate of drug-likeness (QED) is 0.641. The van der Waals surface area contributed by atoms with E-state index >= 15 is 0 Å². The highest BCUT2D eigenvalue weighted by Crippen LogP contribution is 2.11. The molecule has 0 aliphatic rings. The molecule has 0 aliphatic carbocycles. The number of hydrogen-bond donors (Lipinski definition) is 0. The van der Waals surface area contributed by atoms with E-state index in [9.17, 15) is 9.18 Å². The van der Waals surface area contributed by atoms with Crippen LogP contribution in [0.1, 0.15) is 15.9 Å². The SMILES string of the molecule is [CH]c1ccc(F)c(C(=O)N(C)C)c1. The maximum absolute atomic E-state index is 13.1. The lowest BCUT2D eigenvalue weighted by molar-refractivity contribution is 0.0823. The van der Waals surface area contributed by atoms with Crippen LogP contribution in [0.25, 0.3) is 0 Å². The van der Waals surface area contributed by atoms with Gasteiger partial charge in [-0.25, -0.2) is 4.39 Å². The summed E-state index contributed by atoms with van der Waals surface area (Å²) in [4.78, 5) is 12.7. The van der Waals surface area contributed by atoms with Gasteiger partial charge in [0.25, 0.3) is 5.91 Å². The lowest BCUT2D eigenvalue weighted by Gasteiger charge is -2.10. The first-order chi connectivity index (χ1) is 6.02. The fraction of sp³-hybridized carbons (Fsp3) is 0.200. The van der Waals surface area contributed by atoms with E-state index in [0.717, 1.165) is 0 Å². The third kappa shape index (κ3) is 2.05. The van der Waals surface area contributed by atoms with Crippen LogP contribution < -0.4 is 0 Å². The van der Waals surface area contributed by atoms with Gasteiger partial charge in [0, 0.05) is 14.1 Å². The Hall–Kier alpha value is -1.38. The number of carbonyl (C=O) groups excluding carboxylic acids is 1. The van der Waals surface area contributed by atoms with Crippen molar-refractivity contribution < 1.29 is 9.18 Å². The summed E-state index contributed by atoms with van der Waals surface area (Å²) < 4.78 is 13.1. The van der Waals surface area contributed by atoms with Gasteiger partial charge in [0.1, 0.15) is 5.82 Å². The Bertz CT molecular complexity index is 334. The second-order valence-corrected chi connectivity index (χ2v) is 2.94. The minimum absolute atomic E-state index is 0.00463. The third-order valence-corrected chi connectivity index (χ3v) is 1.63. The van der Waals surface area contributed by atoms with Crippen molar-refractivity contribution in [2.75, 3.05) is 14.1 Å². The average molecular weight is 179 g/mol. The van der Waals surface area contributed by atoms with Gasteiger partial charge in [-0.2, -0.15) is 0 Å². The highest BCUT2D eigenvalue weighted by molar-refractivity contribution is 5.94. The predicted octanol–water partition coefficient (Wildman–Crippen LogP) is 1.59. The summed E-state index contributed by atoms with van der Waals surface area (Å²) in [5.41, 5.74) is 0.386. The average Bonchev–Trinajstić information content (AvgIpc) is 2.08. The molecular formula is C10H10FNO. The summed E-state index contributed by atoms with van der Waals surface area (Å²) in [7, 11) is 3.12. The molecule has 0 fully saturated rings. The standard InChI is InChI=1S/C10H10FNO/c1-7-4-5-9(11)8(6-7)10(13)12(2)3/h1,4-6H,2-3H3. The van der Waals surface area contributed by atoms with E-state index in [0.29, 0.717) is 5.56 Å². The largest absolute Gasteiger partial charge is 0.345 e. The molecular weight excluding hydrogens is 169 g/mol. The number of hydrogen-bond acceptors (Lipinski definition) is 1. The fourth-order valence-corrected chi connectivity index (χ4v) is 0.948. The Labute approximate surface area is 77.0 Å². The molecule has 13 heavy (non-hydrogen) atoms. The highest BCUT2D eigenvalue weighted by atomic mass is 19.1. The van der Waals surface area contributed by atoms with Crippen LogP contribution in [-0.4, -0.2) is 24.9 Å². The van der Waals surface area contributed by atoms with Crippen LogP contribution in [0.5, 0.6) is 0 Å². The van der Waals surface area contributed by atoms with Crippen LogP contribution >= 0.6 is 0 Å². The van der Waals surface area contributed by atoms with Crippen LogP contribution in [0.4, 0.5) is 4.39 Å². The third-order valence-electron chi connectivity index (χ3n) is 1.63. The van der Waals surface area contributed by atoms with Crippen molar-refractivity contribution in [3.05, 3.63) is 42.1 Å². The molecule has 3 heteroatoms. The lowest BCUT2D eigenvalue weighted by atomic mass is 10.1. The van der Waals surface area contributed by atoms with E-state index < -0.39 is 5.82 Å². The normalized spacial score (nSPS) is 9.85. The van der Waals surface area contributed by atoms with Crippen molar-refractivity contribution >= 4 is 5.91 Å². The van der Waals surface area contributed by atoms with Crippen LogP contribution in [0.3, 0.4) is 0 Å². The lowest BCUT2D eigenvalue weighted by Crippen LogP contribution is -2.22. The maximum atomic E-state index is 13.1. The molecule has 0 bridgehead atoms. The van der Waals surface area contributed by atoms with Crippen molar-refractivity contribution in [2.24, 2.45) is 0 Å². The first-order valence-corrected chi connectivity index (χ1v) is 3.79. The van der Waals surface area contributed by atoms with E-state index in [-0.39, 0.29) is 11.5 Å². The van der Waals surface area contributed by atoms with Crippen LogP contribution in [0, 0.1) is 12.7 Å². The van der Waals surface area contributed by atoms with Crippen LogP contribution in [0.2, 0.25) is 0 Å². The van der Waals surface area contributed by atoms with E-state index in [4.69, 9.17) is 6.92 Å². The van der Waals surface area contributed by atoms with Gasteiger partial charge in [0.05, 0.1) is 5.56 Å². The minimum atomic E-state index is -0.548. The number of nitrogens with zero attached hydrogens (tertiary/aromatic N) is 1. The van der Waals surface area contributed by atoms with E-state index in [1.807, 2.05) is 0 Å². The van der Waals surface area contributed by atoms with E-state index in [1.54, 1.807) is 14.1 Å². The zero-order valence-corrected chi connectivity index (χ0v) is 7.54. The summed E-state index contributed by atoms with van der Waals surface area (Å²) in [6, 6.07) is 3.94. The molecule has 1 amide bonds. The first kappa shape index (κ1) is 9.71. The Kier molecular flexibility index (Phi) is 2.66. The summed E-state index contributed by atoms with van der Waals surface area (Å²) in [6.45, 7) is 5.43. The Morgan fingerprint density at radius 2 is 2.08 bits per heavy atom. The Balaban J connectivity index is 3.13. The van der Waals surface area contributed by atoms with Crippen molar-refractivity contribution in [1.29, 1.82) is 0 Å². The molecule has 0 spiro atoms. The van der Waals surface area contributed by atoms with Gasteiger partial charge in [-0.05, 0) is 24.6 Å². The zero-order chi connectivity index (χ0) is 10.0. The molecule has 1 rings (SSSR count). The van der Waals surface area contributed by atoms with E-state index in [1.165, 1.54) is 23.1 Å². The molecule has 68 valence electrons. The Morgan fingerprint density at radius 1 is 1.46 bits per heavy atom. The molecule has 0 unspecified atom stereocenters. The molecule has 0 aromatic heterocycles. The predicted molar refractivity (Wildman–Crippen MR) is 47.8 cm³/mol. The number of rotatable bonds is 1. The molecule has 1 aromatic rings. The number of benzene rings is 1. The molecule has 0 aliphatic heterocycles. The van der Waals surface area contributed by atoms with Crippen molar-refractivity contribution in [3.63, 3.8) is 0 Å². The van der Waals surface area contributed by atoms with Gasteiger partial charge < -0.3 is 4.90 Å². The molecule has 0 saturated heterocycles. The van der Waals surface area contributed by atoms with Crippen molar-refractivity contribution in [3.8, 4) is 0 Å². The second kappa shape index (κ2) is 3.56. The number of carbonyl (C=O) groups is 1. The second-order valence-electron chi connectivity index (χ2n) is 2.94. The van der Waals surface area contributed by atoms with Crippen molar-refractivity contribution in [2.45, 2.75) is 0 Å². The zero-order valence-electron chi connectivity index (χ0n) is 7.54. The van der Waals surface area contributed by atoms with Gasteiger partial charge in [-0.3, -0.25) is 4.79 Å². The summed E-state index contributed by atoms with van der Waals surface area (Å²) in [6.07, 6.45) is 0. The molecule has 0 heterocycles. The first-order valence-electron chi connectivity index (χ1n) is 3.79. The maximum Gasteiger partial charge on any atom is 0.256 e. The highest BCUT2D eigenvalue weighted by Gasteiger charge is 2.12. The summed E-state index contributed by atoms with van der Waals surface area (Å²) >= 11 is 0. The smallest absolute Gasteiger partial charge is 0.256 e. The topological polar surface area (TPSA) is 20.3 Å². The molecule has 2 nitrogen and oxygen atoms in total. The molecule has 1 aromatic carbocycles.